The number of nitrogens with one attached hydrogen (secondary N) is 1. The highest BCUT2D eigenvalue weighted by Crippen LogP contribution is 1.99. The molecule has 1 rings (SSSR count). The van der Waals surface area contributed by atoms with E-state index in [1.165, 1.54) is 12.8 Å². The van der Waals surface area contributed by atoms with E-state index < -0.39 is 0 Å². The van der Waals surface area contributed by atoms with E-state index in [2.05, 4.69) is 17.9 Å². The van der Waals surface area contributed by atoms with Crippen LogP contribution in [0.3, 0.4) is 0 Å². The summed E-state index contributed by atoms with van der Waals surface area (Å²) in [4.78, 5) is 0. The summed E-state index contributed by atoms with van der Waals surface area (Å²) >= 11 is 4.12. The summed E-state index contributed by atoms with van der Waals surface area (Å²) in [5.74, 6) is 0.778. The lowest BCUT2D eigenvalue weighted by Gasteiger charge is -2.11. The van der Waals surface area contributed by atoms with Crippen LogP contribution in [0.1, 0.15) is 12.8 Å². The van der Waals surface area contributed by atoms with Gasteiger partial charge in [0.2, 0.25) is 0 Å². The molecule has 0 aliphatic carbocycles. The Morgan fingerprint density at radius 1 is 1.56 bits per heavy atom. The van der Waals surface area contributed by atoms with Crippen LogP contribution in [0, 0.1) is 0 Å². The summed E-state index contributed by atoms with van der Waals surface area (Å²) in [6.45, 7) is 1.96. The van der Waals surface area contributed by atoms with Crippen molar-refractivity contribution in [3.8, 4) is 0 Å². The molecule has 0 radical (unpaired) electrons. The minimum Gasteiger partial charge on any atom is -0.363 e. The van der Waals surface area contributed by atoms with Gasteiger partial charge in [0.05, 0.1) is 0 Å². The lowest BCUT2D eigenvalue weighted by atomic mass is 10.3. The van der Waals surface area contributed by atoms with Crippen molar-refractivity contribution in [1.82, 2.24) is 5.32 Å². The zero-order valence-corrected chi connectivity index (χ0v) is 6.36. The summed E-state index contributed by atoms with van der Waals surface area (Å²) < 4.78 is 5.36. The van der Waals surface area contributed by atoms with Gasteiger partial charge in [-0.05, 0) is 19.4 Å². The molecule has 1 aliphatic heterocycles. The van der Waals surface area contributed by atoms with Crippen molar-refractivity contribution in [2.24, 2.45) is 0 Å². The van der Waals surface area contributed by atoms with Gasteiger partial charge in [0.25, 0.3) is 0 Å². The van der Waals surface area contributed by atoms with Crippen LogP contribution in [-0.4, -0.2) is 25.1 Å². The molecular formula is C6H13NOS. The number of thiol groups is 1. The topological polar surface area (TPSA) is 21.3 Å². The predicted octanol–water partition coefficient (Wildman–Crippen LogP) is 0.642. The molecule has 2 nitrogen and oxygen atoms in total. The van der Waals surface area contributed by atoms with E-state index in [4.69, 9.17) is 4.74 Å². The number of hydrogen-bond donors (Lipinski definition) is 2. The van der Waals surface area contributed by atoms with E-state index >= 15 is 0 Å². The van der Waals surface area contributed by atoms with Crippen molar-refractivity contribution in [2.45, 2.75) is 19.1 Å². The van der Waals surface area contributed by atoms with Gasteiger partial charge in [-0.1, -0.05) is 0 Å². The molecule has 1 unspecified atom stereocenters. The third-order valence-electron chi connectivity index (χ3n) is 1.43. The largest absolute Gasteiger partial charge is 0.363 e. The second-order valence-corrected chi connectivity index (χ2v) is 2.57. The molecular weight excluding hydrogens is 134 g/mol. The van der Waals surface area contributed by atoms with E-state index in [1.54, 1.807) is 0 Å². The van der Waals surface area contributed by atoms with Gasteiger partial charge in [0, 0.05) is 12.4 Å². The Morgan fingerprint density at radius 2 is 2.44 bits per heavy atom. The average molecular weight is 147 g/mol. The van der Waals surface area contributed by atoms with Crippen LogP contribution in [0.15, 0.2) is 0 Å². The van der Waals surface area contributed by atoms with E-state index in [0.717, 1.165) is 18.9 Å². The zero-order valence-electron chi connectivity index (χ0n) is 5.47. The highest BCUT2D eigenvalue weighted by atomic mass is 32.1. The van der Waals surface area contributed by atoms with Crippen LogP contribution in [0.5, 0.6) is 0 Å². The van der Waals surface area contributed by atoms with Crippen molar-refractivity contribution in [3.63, 3.8) is 0 Å². The summed E-state index contributed by atoms with van der Waals surface area (Å²) in [6.07, 6.45) is 2.59. The summed E-state index contributed by atoms with van der Waals surface area (Å²) in [5, 5.41) is 3.23. The molecule has 0 saturated carbocycles. The van der Waals surface area contributed by atoms with Gasteiger partial charge >= 0.3 is 0 Å². The Morgan fingerprint density at radius 3 is 3.22 bits per heavy atom. The Balaban J connectivity index is 2.18. The molecule has 1 fully saturated rings. The van der Waals surface area contributed by atoms with Gasteiger partial charge < -0.3 is 4.74 Å². The molecule has 1 aliphatic rings. The first-order chi connectivity index (χ1) is 4.43. The Labute approximate surface area is 61.4 Å². The highest BCUT2D eigenvalue weighted by molar-refractivity contribution is 7.80. The van der Waals surface area contributed by atoms with E-state index in [0.29, 0.717) is 0 Å². The van der Waals surface area contributed by atoms with E-state index in [-0.39, 0.29) is 6.23 Å². The SMILES string of the molecule is SCC1NCCCCO1. The monoisotopic (exact) mass is 147 g/mol. The van der Waals surface area contributed by atoms with Crippen molar-refractivity contribution in [2.75, 3.05) is 18.9 Å². The first-order valence-corrected chi connectivity index (χ1v) is 4.02. The molecule has 0 aromatic heterocycles. The molecule has 0 spiro atoms. The Bertz CT molecular complexity index is 71.5. The van der Waals surface area contributed by atoms with Crippen LogP contribution < -0.4 is 5.32 Å². The van der Waals surface area contributed by atoms with Crippen molar-refractivity contribution < 1.29 is 4.74 Å². The highest BCUT2D eigenvalue weighted by Gasteiger charge is 2.07. The molecule has 1 heterocycles. The van der Waals surface area contributed by atoms with Gasteiger partial charge in [-0.3, -0.25) is 5.32 Å². The molecule has 0 aromatic rings. The van der Waals surface area contributed by atoms with Gasteiger partial charge in [-0.2, -0.15) is 12.6 Å². The van der Waals surface area contributed by atoms with Crippen LogP contribution in [0.25, 0.3) is 0 Å². The molecule has 1 atom stereocenters. The molecule has 1 saturated heterocycles. The van der Waals surface area contributed by atoms with Crippen LogP contribution in [-0.2, 0) is 4.74 Å². The smallest absolute Gasteiger partial charge is 0.116 e. The van der Waals surface area contributed by atoms with Crippen molar-refractivity contribution in [1.29, 1.82) is 0 Å². The fourth-order valence-electron chi connectivity index (χ4n) is 0.892. The first kappa shape index (κ1) is 7.38. The number of ether oxygens (including phenoxy) is 1. The molecule has 1 N–H and O–H groups in total. The Kier molecular flexibility index (Phi) is 3.40. The maximum absolute atomic E-state index is 5.36. The predicted molar refractivity (Wildman–Crippen MR) is 40.8 cm³/mol. The summed E-state index contributed by atoms with van der Waals surface area (Å²) in [5.41, 5.74) is 0. The molecule has 3 heteroatoms. The quantitative estimate of drug-likeness (QED) is 0.531. The third kappa shape index (κ3) is 2.56. The van der Waals surface area contributed by atoms with Crippen LogP contribution in [0.2, 0.25) is 0 Å². The zero-order chi connectivity index (χ0) is 6.53. The van der Waals surface area contributed by atoms with E-state index in [9.17, 15) is 0 Å². The van der Waals surface area contributed by atoms with Crippen LogP contribution in [0.4, 0.5) is 0 Å². The standard InChI is InChI=1S/C6H13NOS/c9-5-6-7-3-1-2-4-8-6/h6-7,9H,1-5H2. The van der Waals surface area contributed by atoms with E-state index in [1.807, 2.05) is 0 Å². The third-order valence-corrected chi connectivity index (χ3v) is 1.76. The van der Waals surface area contributed by atoms with Crippen LogP contribution >= 0.6 is 12.6 Å². The maximum atomic E-state index is 5.36. The minimum absolute atomic E-state index is 0.191. The second-order valence-electron chi connectivity index (χ2n) is 2.20. The molecule has 54 valence electrons. The molecule has 0 amide bonds. The fourth-order valence-corrected chi connectivity index (χ4v) is 1.13. The number of rotatable bonds is 1. The van der Waals surface area contributed by atoms with Gasteiger partial charge in [-0.25, -0.2) is 0 Å². The lowest BCUT2D eigenvalue weighted by molar-refractivity contribution is 0.0603. The molecule has 0 aromatic carbocycles. The molecule has 9 heavy (non-hydrogen) atoms. The average Bonchev–Trinajstić information content (AvgIpc) is 2.13. The van der Waals surface area contributed by atoms with Crippen molar-refractivity contribution in [3.05, 3.63) is 0 Å². The summed E-state index contributed by atoms with van der Waals surface area (Å²) in [7, 11) is 0. The van der Waals surface area contributed by atoms with Gasteiger partial charge in [0.15, 0.2) is 0 Å². The normalized spacial score (nSPS) is 29.7. The maximum Gasteiger partial charge on any atom is 0.116 e. The first-order valence-electron chi connectivity index (χ1n) is 3.39. The molecule has 0 bridgehead atoms. The van der Waals surface area contributed by atoms with Crippen molar-refractivity contribution >= 4 is 12.6 Å². The van der Waals surface area contributed by atoms with Gasteiger partial charge in [-0.15, -0.1) is 0 Å². The van der Waals surface area contributed by atoms with Gasteiger partial charge in [0.1, 0.15) is 6.23 Å². The number of hydrogen-bond acceptors (Lipinski definition) is 3. The fraction of sp³-hybridized carbons (Fsp3) is 1.00. The summed E-state index contributed by atoms with van der Waals surface area (Å²) in [6, 6.07) is 0. The Hall–Kier alpha value is 0.270. The second kappa shape index (κ2) is 4.14. The minimum atomic E-state index is 0.191. The lowest BCUT2D eigenvalue weighted by Crippen LogP contribution is -2.31.